The average Bonchev–Trinajstić information content (AvgIpc) is 2.78. The van der Waals surface area contributed by atoms with Crippen molar-refractivity contribution >= 4 is 35.0 Å². The molecule has 2 heterocycles. The lowest BCUT2D eigenvalue weighted by Gasteiger charge is -2.11. The lowest BCUT2D eigenvalue weighted by molar-refractivity contribution is -0.137. The topological polar surface area (TPSA) is 87.6 Å². The number of pyridine rings is 1. The fourth-order valence-corrected chi connectivity index (χ4v) is 3.07. The van der Waals surface area contributed by atoms with E-state index in [0.29, 0.717) is 24.3 Å². The summed E-state index contributed by atoms with van der Waals surface area (Å²) in [6.45, 7) is 0.377. The molecule has 0 saturated carbocycles. The third-order valence-electron chi connectivity index (χ3n) is 3.38. The number of carbonyl (C=O) groups excluding carboxylic acids is 2. The standard InChI is InChI=1S/C16H18N2O4S/c19-14(20)7-3-1-2-4-9-18-15(21)13(23-16(18)22)10-12-6-5-8-17-11-12/h5-6,8,10-11H,1-4,7,9H2,(H,19,20)/b13-10-. The summed E-state index contributed by atoms with van der Waals surface area (Å²) in [5.74, 6) is -1.06. The second kappa shape index (κ2) is 8.47. The van der Waals surface area contributed by atoms with Crippen molar-refractivity contribution in [1.82, 2.24) is 9.88 Å². The van der Waals surface area contributed by atoms with Crippen LogP contribution >= 0.6 is 11.8 Å². The molecule has 1 aromatic heterocycles. The van der Waals surface area contributed by atoms with Crippen LogP contribution in [0.15, 0.2) is 29.4 Å². The van der Waals surface area contributed by atoms with Crippen LogP contribution in [0, 0.1) is 0 Å². The molecule has 2 amide bonds. The van der Waals surface area contributed by atoms with Gasteiger partial charge in [0, 0.05) is 25.4 Å². The Bertz CT molecular complexity index is 616. The van der Waals surface area contributed by atoms with Crippen LogP contribution in [0.5, 0.6) is 0 Å². The van der Waals surface area contributed by atoms with Gasteiger partial charge in [0.2, 0.25) is 0 Å². The number of rotatable bonds is 8. The first-order chi connectivity index (χ1) is 11.1. The third-order valence-corrected chi connectivity index (χ3v) is 4.29. The van der Waals surface area contributed by atoms with E-state index in [1.807, 2.05) is 6.07 Å². The predicted molar refractivity (Wildman–Crippen MR) is 87.6 cm³/mol. The smallest absolute Gasteiger partial charge is 0.303 e. The van der Waals surface area contributed by atoms with Crippen LogP contribution in [0.25, 0.3) is 6.08 Å². The van der Waals surface area contributed by atoms with E-state index in [2.05, 4.69) is 4.98 Å². The largest absolute Gasteiger partial charge is 0.481 e. The number of aliphatic carboxylic acids is 1. The van der Waals surface area contributed by atoms with Crippen LogP contribution in [0.4, 0.5) is 4.79 Å². The van der Waals surface area contributed by atoms with Gasteiger partial charge in [-0.3, -0.25) is 24.3 Å². The van der Waals surface area contributed by atoms with Crippen molar-refractivity contribution in [3.8, 4) is 0 Å². The minimum absolute atomic E-state index is 0.162. The summed E-state index contributed by atoms with van der Waals surface area (Å²) in [6.07, 6.45) is 8.02. The second-order valence-electron chi connectivity index (χ2n) is 5.18. The molecule has 1 N–H and O–H groups in total. The molecule has 1 saturated heterocycles. The Kier molecular flexibility index (Phi) is 6.34. The van der Waals surface area contributed by atoms with Crippen molar-refractivity contribution in [2.75, 3.05) is 6.54 Å². The highest BCUT2D eigenvalue weighted by molar-refractivity contribution is 8.18. The molecule has 122 valence electrons. The lowest BCUT2D eigenvalue weighted by Crippen LogP contribution is -2.29. The summed E-state index contributed by atoms with van der Waals surface area (Å²) in [5.41, 5.74) is 0.784. The maximum absolute atomic E-state index is 12.2. The quantitative estimate of drug-likeness (QED) is 0.580. The fourth-order valence-electron chi connectivity index (χ4n) is 2.21. The molecule has 6 nitrogen and oxygen atoms in total. The Morgan fingerprint density at radius 2 is 2.04 bits per heavy atom. The number of carboxylic acids is 1. The zero-order valence-corrected chi connectivity index (χ0v) is 13.4. The van der Waals surface area contributed by atoms with Gasteiger partial charge in [0.15, 0.2) is 0 Å². The van der Waals surface area contributed by atoms with Crippen molar-refractivity contribution in [2.24, 2.45) is 0 Å². The molecular weight excluding hydrogens is 316 g/mol. The van der Waals surface area contributed by atoms with E-state index in [-0.39, 0.29) is 17.6 Å². The molecule has 0 aliphatic carbocycles. The van der Waals surface area contributed by atoms with Crippen LogP contribution in [-0.2, 0) is 9.59 Å². The first kappa shape index (κ1) is 17.2. The summed E-state index contributed by atoms with van der Waals surface area (Å²) >= 11 is 0.942. The maximum Gasteiger partial charge on any atom is 0.303 e. The molecule has 0 radical (unpaired) electrons. The van der Waals surface area contributed by atoms with Crippen LogP contribution < -0.4 is 0 Å². The van der Waals surface area contributed by atoms with E-state index in [4.69, 9.17) is 5.11 Å². The normalized spacial score (nSPS) is 16.3. The number of thioether (sulfide) groups is 1. The van der Waals surface area contributed by atoms with Gasteiger partial charge in [-0.2, -0.15) is 0 Å². The zero-order chi connectivity index (χ0) is 16.7. The van der Waals surface area contributed by atoms with Crippen molar-refractivity contribution in [1.29, 1.82) is 0 Å². The molecule has 1 aliphatic rings. The Labute approximate surface area is 138 Å². The number of nitrogens with zero attached hydrogens (tertiary/aromatic N) is 2. The second-order valence-corrected chi connectivity index (χ2v) is 6.17. The summed E-state index contributed by atoms with van der Waals surface area (Å²) in [7, 11) is 0. The van der Waals surface area contributed by atoms with Crippen LogP contribution in [0.2, 0.25) is 0 Å². The highest BCUT2D eigenvalue weighted by Gasteiger charge is 2.34. The predicted octanol–water partition coefficient (Wildman–Crippen LogP) is 3.15. The molecule has 1 aliphatic heterocycles. The minimum Gasteiger partial charge on any atom is -0.481 e. The SMILES string of the molecule is O=C(O)CCCCCCN1C(=O)S/C(=C\c2cccnc2)C1=O. The van der Waals surface area contributed by atoms with Crippen LogP contribution in [0.1, 0.15) is 37.7 Å². The van der Waals surface area contributed by atoms with E-state index >= 15 is 0 Å². The molecule has 0 bridgehead atoms. The number of amides is 2. The Balaban J connectivity index is 1.82. The molecule has 7 heteroatoms. The Morgan fingerprint density at radius 3 is 2.74 bits per heavy atom. The van der Waals surface area contributed by atoms with Crippen molar-refractivity contribution in [3.63, 3.8) is 0 Å². The fraction of sp³-hybridized carbons (Fsp3) is 0.375. The summed E-state index contributed by atoms with van der Waals surface area (Å²) < 4.78 is 0. The van der Waals surface area contributed by atoms with Crippen molar-refractivity contribution in [3.05, 3.63) is 35.0 Å². The van der Waals surface area contributed by atoms with Crippen molar-refractivity contribution < 1.29 is 19.5 Å². The van der Waals surface area contributed by atoms with Gasteiger partial charge < -0.3 is 5.11 Å². The Hall–Kier alpha value is -2.15. The first-order valence-electron chi connectivity index (χ1n) is 7.45. The van der Waals surface area contributed by atoms with E-state index < -0.39 is 5.97 Å². The molecule has 2 rings (SSSR count). The van der Waals surface area contributed by atoms with Crippen LogP contribution in [0.3, 0.4) is 0 Å². The summed E-state index contributed by atoms with van der Waals surface area (Å²) in [4.78, 5) is 40.2. The van der Waals surface area contributed by atoms with Gasteiger partial charge in [-0.25, -0.2) is 0 Å². The highest BCUT2D eigenvalue weighted by atomic mass is 32.2. The molecular formula is C16H18N2O4S. The maximum atomic E-state index is 12.2. The highest BCUT2D eigenvalue weighted by Crippen LogP contribution is 2.32. The van der Waals surface area contributed by atoms with E-state index in [0.717, 1.165) is 30.2 Å². The number of carbonyl (C=O) groups is 3. The van der Waals surface area contributed by atoms with Gasteiger partial charge in [-0.15, -0.1) is 0 Å². The van der Waals surface area contributed by atoms with Gasteiger partial charge >= 0.3 is 5.97 Å². The number of carboxylic acid groups (broad SMARTS) is 1. The Morgan fingerprint density at radius 1 is 1.26 bits per heavy atom. The molecule has 0 unspecified atom stereocenters. The van der Waals surface area contributed by atoms with Gasteiger partial charge in [0.05, 0.1) is 4.91 Å². The summed E-state index contributed by atoms with van der Waals surface area (Å²) in [6, 6.07) is 3.59. The molecule has 0 atom stereocenters. The molecule has 1 fully saturated rings. The first-order valence-corrected chi connectivity index (χ1v) is 8.27. The third kappa shape index (κ3) is 5.21. The summed E-state index contributed by atoms with van der Waals surface area (Å²) in [5, 5.41) is 8.30. The molecule has 23 heavy (non-hydrogen) atoms. The van der Waals surface area contributed by atoms with Gasteiger partial charge in [0.25, 0.3) is 11.1 Å². The minimum atomic E-state index is -0.795. The molecule has 0 spiro atoms. The molecule has 0 aromatic carbocycles. The zero-order valence-electron chi connectivity index (χ0n) is 12.6. The number of unbranched alkanes of at least 4 members (excludes halogenated alkanes) is 3. The van der Waals surface area contributed by atoms with E-state index in [9.17, 15) is 14.4 Å². The van der Waals surface area contributed by atoms with Gasteiger partial charge in [-0.05, 0) is 42.3 Å². The van der Waals surface area contributed by atoms with E-state index in [1.165, 1.54) is 4.90 Å². The number of imide groups is 1. The number of aromatic nitrogens is 1. The van der Waals surface area contributed by atoms with Gasteiger partial charge in [-0.1, -0.05) is 18.9 Å². The molecule has 1 aromatic rings. The lowest BCUT2D eigenvalue weighted by atomic mass is 10.1. The van der Waals surface area contributed by atoms with Gasteiger partial charge in [0.1, 0.15) is 0 Å². The number of hydrogen-bond acceptors (Lipinski definition) is 5. The van der Waals surface area contributed by atoms with E-state index in [1.54, 1.807) is 24.5 Å². The van der Waals surface area contributed by atoms with Crippen LogP contribution in [-0.4, -0.2) is 38.7 Å². The monoisotopic (exact) mass is 334 g/mol. The average molecular weight is 334 g/mol. The van der Waals surface area contributed by atoms with Crippen molar-refractivity contribution in [2.45, 2.75) is 32.1 Å². The number of hydrogen-bond donors (Lipinski definition) is 1.